The molecule has 0 unspecified atom stereocenters. The van der Waals surface area contributed by atoms with Crippen LogP contribution in [0.5, 0.6) is 5.75 Å². The highest BCUT2D eigenvalue weighted by atomic mass is 16.5. The van der Waals surface area contributed by atoms with Crippen LogP contribution >= 0.6 is 0 Å². The highest BCUT2D eigenvalue weighted by molar-refractivity contribution is 6.04. The maximum Gasteiger partial charge on any atom is 0.279 e. The Balaban J connectivity index is 1.67. The second kappa shape index (κ2) is 9.06. The zero-order valence-corrected chi connectivity index (χ0v) is 16.8. The fourth-order valence-electron chi connectivity index (χ4n) is 3.56. The van der Waals surface area contributed by atoms with E-state index in [0.717, 1.165) is 19.6 Å². The Morgan fingerprint density at radius 3 is 2.57 bits per heavy atom. The number of nitrogens with zero attached hydrogens (tertiary/aromatic N) is 3. The lowest BCUT2D eigenvalue weighted by Crippen LogP contribution is -2.41. The molecule has 0 saturated carbocycles. The van der Waals surface area contributed by atoms with E-state index in [4.69, 9.17) is 9.47 Å². The summed E-state index contributed by atoms with van der Waals surface area (Å²) in [7, 11) is 1.53. The predicted octanol–water partition coefficient (Wildman–Crippen LogP) is 1.46. The summed E-state index contributed by atoms with van der Waals surface area (Å²) in [6.07, 6.45) is 0. The molecule has 8 heteroatoms. The lowest BCUT2D eigenvalue weighted by Gasteiger charge is -2.26. The summed E-state index contributed by atoms with van der Waals surface area (Å²) in [6.45, 7) is 4.36. The highest BCUT2D eigenvalue weighted by Crippen LogP contribution is 2.22. The first-order chi connectivity index (χ1) is 14.7. The van der Waals surface area contributed by atoms with E-state index in [2.05, 4.69) is 15.3 Å². The normalized spacial score (nSPS) is 14.6. The van der Waals surface area contributed by atoms with Crippen molar-refractivity contribution in [1.29, 1.82) is 0 Å². The van der Waals surface area contributed by atoms with Gasteiger partial charge in [-0.15, -0.1) is 0 Å². The zero-order valence-electron chi connectivity index (χ0n) is 16.8. The molecule has 8 nitrogen and oxygen atoms in total. The first kappa shape index (κ1) is 20.1. The van der Waals surface area contributed by atoms with E-state index in [1.165, 1.54) is 11.8 Å². The fraction of sp³-hybridized carbons (Fsp3) is 0.318. The van der Waals surface area contributed by atoms with E-state index in [0.29, 0.717) is 42.0 Å². The van der Waals surface area contributed by atoms with Crippen molar-refractivity contribution in [2.75, 3.05) is 46.5 Å². The SMILES string of the molecule is COc1ccccc1-n1nc(C(=O)NCCN2CCOCC2)c2ccccc2c1=O. The minimum Gasteiger partial charge on any atom is -0.494 e. The van der Waals surface area contributed by atoms with Gasteiger partial charge in [0.05, 0.1) is 25.7 Å². The lowest BCUT2D eigenvalue weighted by molar-refractivity contribution is 0.0383. The summed E-state index contributed by atoms with van der Waals surface area (Å²) in [5.74, 6) is 0.184. The molecule has 2 heterocycles. The zero-order chi connectivity index (χ0) is 20.9. The molecule has 1 N–H and O–H groups in total. The molecule has 1 fully saturated rings. The van der Waals surface area contributed by atoms with Crippen molar-refractivity contribution in [2.45, 2.75) is 0 Å². The van der Waals surface area contributed by atoms with Crippen LogP contribution in [0.3, 0.4) is 0 Å². The standard InChI is InChI=1S/C22H24N4O4/c1-29-19-9-5-4-8-18(19)26-22(28)17-7-3-2-6-16(17)20(24-26)21(27)23-10-11-25-12-14-30-15-13-25/h2-9H,10-15H2,1H3,(H,23,27). The van der Waals surface area contributed by atoms with Crippen LogP contribution in [-0.2, 0) is 4.74 Å². The number of carbonyl (C=O) groups is 1. The van der Waals surface area contributed by atoms with E-state index in [1.807, 2.05) is 6.07 Å². The van der Waals surface area contributed by atoms with Gasteiger partial charge in [-0.05, 0) is 18.2 Å². The maximum atomic E-state index is 13.1. The molecule has 3 aromatic rings. The van der Waals surface area contributed by atoms with Crippen molar-refractivity contribution in [1.82, 2.24) is 20.0 Å². The van der Waals surface area contributed by atoms with Gasteiger partial charge in [-0.2, -0.15) is 9.78 Å². The first-order valence-corrected chi connectivity index (χ1v) is 9.93. The summed E-state index contributed by atoms with van der Waals surface area (Å²) >= 11 is 0. The second-order valence-corrected chi connectivity index (χ2v) is 6.99. The van der Waals surface area contributed by atoms with Crippen molar-refractivity contribution in [2.24, 2.45) is 0 Å². The van der Waals surface area contributed by atoms with Crippen molar-refractivity contribution in [3.63, 3.8) is 0 Å². The number of hydrogen-bond acceptors (Lipinski definition) is 6. The summed E-state index contributed by atoms with van der Waals surface area (Å²) in [5.41, 5.74) is 0.385. The van der Waals surface area contributed by atoms with E-state index < -0.39 is 0 Å². The molecule has 1 aliphatic rings. The number of methoxy groups -OCH3 is 1. The molecule has 4 rings (SSSR count). The number of aromatic nitrogens is 2. The van der Waals surface area contributed by atoms with Gasteiger partial charge in [-0.25, -0.2) is 0 Å². The molecule has 156 valence electrons. The molecule has 2 aromatic carbocycles. The monoisotopic (exact) mass is 408 g/mol. The van der Waals surface area contributed by atoms with Crippen molar-refractivity contribution >= 4 is 16.7 Å². The molecule has 1 aromatic heterocycles. The van der Waals surface area contributed by atoms with Gasteiger partial charge in [-0.3, -0.25) is 14.5 Å². The van der Waals surface area contributed by atoms with Crippen molar-refractivity contribution in [3.05, 3.63) is 64.6 Å². The number of morpholine rings is 1. The Morgan fingerprint density at radius 2 is 1.80 bits per heavy atom. The Hall–Kier alpha value is -3.23. The third kappa shape index (κ3) is 4.05. The van der Waals surface area contributed by atoms with Crippen molar-refractivity contribution < 1.29 is 14.3 Å². The molecule has 1 amide bonds. The Bertz CT molecular complexity index is 1110. The summed E-state index contributed by atoms with van der Waals surface area (Å²) < 4.78 is 12.0. The number of ether oxygens (including phenoxy) is 2. The molecule has 1 aliphatic heterocycles. The topological polar surface area (TPSA) is 85.7 Å². The summed E-state index contributed by atoms with van der Waals surface area (Å²) in [4.78, 5) is 28.3. The third-order valence-corrected chi connectivity index (χ3v) is 5.15. The first-order valence-electron chi connectivity index (χ1n) is 9.93. The fourth-order valence-corrected chi connectivity index (χ4v) is 3.56. The molecule has 1 saturated heterocycles. The van der Waals surface area contributed by atoms with E-state index >= 15 is 0 Å². The van der Waals surface area contributed by atoms with Gasteiger partial charge in [-0.1, -0.05) is 30.3 Å². The van der Waals surface area contributed by atoms with Crippen LogP contribution in [0.2, 0.25) is 0 Å². The third-order valence-electron chi connectivity index (χ3n) is 5.15. The minimum absolute atomic E-state index is 0.207. The number of hydrogen-bond donors (Lipinski definition) is 1. The number of benzene rings is 2. The van der Waals surface area contributed by atoms with Crippen LogP contribution in [0.25, 0.3) is 16.5 Å². The van der Waals surface area contributed by atoms with E-state index in [-0.39, 0.29) is 17.2 Å². The van der Waals surface area contributed by atoms with Crippen LogP contribution in [-0.4, -0.2) is 67.1 Å². The largest absolute Gasteiger partial charge is 0.494 e. The second-order valence-electron chi connectivity index (χ2n) is 6.99. The van der Waals surface area contributed by atoms with Crippen molar-refractivity contribution in [3.8, 4) is 11.4 Å². The van der Waals surface area contributed by atoms with E-state index in [9.17, 15) is 9.59 Å². The van der Waals surface area contributed by atoms with Gasteiger partial charge in [0.25, 0.3) is 11.5 Å². The molecular formula is C22H24N4O4. The predicted molar refractivity (Wildman–Crippen MR) is 113 cm³/mol. The number of carbonyl (C=O) groups excluding carboxylic acids is 1. The molecular weight excluding hydrogens is 384 g/mol. The van der Waals surface area contributed by atoms with Crippen LogP contribution in [0.4, 0.5) is 0 Å². The Morgan fingerprint density at radius 1 is 1.10 bits per heavy atom. The number of rotatable bonds is 6. The average Bonchev–Trinajstić information content (AvgIpc) is 2.80. The van der Waals surface area contributed by atoms with Crippen LogP contribution in [0, 0.1) is 0 Å². The van der Waals surface area contributed by atoms with Crippen LogP contribution in [0.1, 0.15) is 10.5 Å². The van der Waals surface area contributed by atoms with Crippen LogP contribution in [0.15, 0.2) is 53.3 Å². The van der Waals surface area contributed by atoms with Gasteiger partial charge in [0, 0.05) is 31.6 Å². The van der Waals surface area contributed by atoms with Crippen LogP contribution < -0.4 is 15.6 Å². The quantitative estimate of drug-likeness (QED) is 0.665. The van der Waals surface area contributed by atoms with Gasteiger partial charge >= 0.3 is 0 Å². The van der Waals surface area contributed by atoms with Gasteiger partial charge < -0.3 is 14.8 Å². The van der Waals surface area contributed by atoms with Gasteiger partial charge in [0.15, 0.2) is 5.69 Å². The van der Waals surface area contributed by atoms with Gasteiger partial charge in [0.2, 0.25) is 0 Å². The average molecular weight is 408 g/mol. The molecule has 0 radical (unpaired) electrons. The molecule has 0 atom stereocenters. The number of para-hydroxylation sites is 2. The summed E-state index contributed by atoms with van der Waals surface area (Å²) in [6, 6.07) is 14.1. The Labute approximate surface area is 174 Å². The van der Waals surface area contributed by atoms with E-state index in [1.54, 1.807) is 42.5 Å². The molecule has 0 aliphatic carbocycles. The lowest BCUT2D eigenvalue weighted by atomic mass is 10.1. The number of amides is 1. The Kier molecular flexibility index (Phi) is 6.06. The summed E-state index contributed by atoms with van der Waals surface area (Å²) in [5, 5.41) is 8.31. The number of fused-ring (bicyclic) bond motifs is 1. The molecule has 0 spiro atoms. The van der Waals surface area contributed by atoms with Gasteiger partial charge in [0.1, 0.15) is 11.4 Å². The molecule has 30 heavy (non-hydrogen) atoms. The molecule has 0 bridgehead atoms. The maximum absolute atomic E-state index is 13.1. The number of nitrogens with one attached hydrogen (secondary N) is 1. The highest BCUT2D eigenvalue weighted by Gasteiger charge is 2.19. The minimum atomic E-state index is -0.317. The smallest absolute Gasteiger partial charge is 0.279 e.